The largest absolute Gasteiger partial charge is 0.363 e. The number of hydrogen-bond acceptors (Lipinski definition) is 4. The van der Waals surface area contributed by atoms with Crippen molar-refractivity contribution >= 4 is 11.7 Å². The SMILES string of the molecule is CC(=O)N1CCC(Nc2nc(C)nc3c2CCCC3)c2ccc(F)cc2C1. The van der Waals surface area contributed by atoms with Gasteiger partial charge in [0, 0.05) is 31.3 Å². The smallest absolute Gasteiger partial charge is 0.219 e. The molecule has 2 aromatic rings. The molecule has 1 N–H and O–H groups in total. The summed E-state index contributed by atoms with van der Waals surface area (Å²) in [7, 11) is 0. The predicted molar refractivity (Wildman–Crippen MR) is 102 cm³/mol. The van der Waals surface area contributed by atoms with Gasteiger partial charge >= 0.3 is 0 Å². The maximum absolute atomic E-state index is 13.8. The lowest BCUT2D eigenvalue weighted by Crippen LogP contribution is -2.28. The number of amides is 1. The van der Waals surface area contributed by atoms with E-state index in [-0.39, 0.29) is 17.8 Å². The van der Waals surface area contributed by atoms with Crippen molar-refractivity contribution in [2.24, 2.45) is 0 Å². The summed E-state index contributed by atoms with van der Waals surface area (Å²) in [5.41, 5.74) is 4.26. The molecule has 6 heteroatoms. The van der Waals surface area contributed by atoms with Crippen molar-refractivity contribution in [2.45, 2.75) is 58.5 Å². The van der Waals surface area contributed by atoms with Crippen LogP contribution in [-0.2, 0) is 24.2 Å². The maximum atomic E-state index is 13.8. The van der Waals surface area contributed by atoms with Crippen molar-refractivity contribution in [3.05, 3.63) is 52.2 Å². The lowest BCUT2D eigenvalue weighted by molar-refractivity contribution is -0.129. The molecule has 0 radical (unpaired) electrons. The monoisotopic (exact) mass is 368 g/mol. The standard InChI is InChI=1S/C21H25FN4O/c1-13-23-19-6-4-3-5-18(19)21(24-13)25-20-9-10-26(14(2)27)12-15-11-16(22)7-8-17(15)20/h7-8,11,20H,3-6,9-10,12H2,1-2H3,(H,23,24,25). The van der Waals surface area contributed by atoms with Crippen LogP contribution in [0.3, 0.4) is 0 Å². The highest BCUT2D eigenvalue weighted by atomic mass is 19.1. The van der Waals surface area contributed by atoms with Crippen LogP contribution in [0, 0.1) is 12.7 Å². The van der Waals surface area contributed by atoms with E-state index in [1.165, 1.54) is 18.1 Å². The fourth-order valence-electron chi connectivity index (χ4n) is 4.20. The number of fused-ring (bicyclic) bond motifs is 2. The Hall–Kier alpha value is -2.50. The number of halogens is 1. The molecule has 0 saturated heterocycles. The molecule has 1 atom stereocenters. The van der Waals surface area contributed by atoms with Crippen LogP contribution >= 0.6 is 0 Å². The van der Waals surface area contributed by atoms with Gasteiger partial charge in [0.15, 0.2) is 0 Å². The highest BCUT2D eigenvalue weighted by Crippen LogP contribution is 2.33. The normalized spacial score (nSPS) is 19.1. The Kier molecular flexibility index (Phi) is 4.81. The quantitative estimate of drug-likeness (QED) is 0.878. The molecule has 0 fully saturated rings. The van der Waals surface area contributed by atoms with E-state index in [9.17, 15) is 9.18 Å². The van der Waals surface area contributed by atoms with Gasteiger partial charge in [0.25, 0.3) is 0 Å². The first-order chi connectivity index (χ1) is 13.0. The third-order valence-corrected chi connectivity index (χ3v) is 5.58. The number of aromatic nitrogens is 2. The minimum absolute atomic E-state index is 0.00900. The van der Waals surface area contributed by atoms with Crippen LogP contribution in [0.5, 0.6) is 0 Å². The molecule has 0 saturated carbocycles. The van der Waals surface area contributed by atoms with Gasteiger partial charge in [0.2, 0.25) is 5.91 Å². The van der Waals surface area contributed by atoms with Crippen molar-refractivity contribution in [2.75, 3.05) is 11.9 Å². The van der Waals surface area contributed by atoms with Gasteiger partial charge in [0.1, 0.15) is 17.5 Å². The number of aryl methyl sites for hydroxylation is 2. The number of anilines is 1. The number of hydrogen-bond donors (Lipinski definition) is 1. The molecule has 0 bridgehead atoms. The minimum Gasteiger partial charge on any atom is -0.363 e. The second-order valence-corrected chi connectivity index (χ2v) is 7.52. The van der Waals surface area contributed by atoms with E-state index >= 15 is 0 Å². The van der Waals surface area contributed by atoms with Crippen molar-refractivity contribution in [3.63, 3.8) is 0 Å². The van der Waals surface area contributed by atoms with Crippen molar-refractivity contribution in [1.82, 2.24) is 14.9 Å². The molecule has 4 rings (SSSR count). The molecule has 2 heterocycles. The Labute approximate surface area is 159 Å². The van der Waals surface area contributed by atoms with Gasteiger partial charge in [-0.1, -0.05) is 6.07 Å². The van der Waals surface area contributed by atoms with E-state index < -0.39 is 0 Å². The molecule has 1 aliphatic heterocycles. The van der Waals surface area contributed by atoms with Gasteiger partial charge in [-0.05, 0) is 62.3 Å². The lowest BCUT2D eigenvalue weighted by Gasteiger charge is -2.24. The summed E-state index contributed by atoms with van der Waals surface area (Å²) in [6, 6.07) is 4.88. The summed E-state index contributed by atoms with van der Waals surface area (Å²) in [6.07, 6.45) is 5.06. The topological polar surface area (TPSA) is 58.1 Å². The molecule has 0 spiro atoms. The van der Waals surface area contributed by atoms with Crippen molar-refractivity contribution in [1.29, 1.82) is 0 Å². The van der Waals surface area contributed by atoms with E-state index in [1.54, 1.807) is 17.9 Å². The highest BCUT2D eigenvalue weighted by Gasteiger charge is 2.26. The van der Waals surface area contributed by atoms with Crippen LogP contribution in [0.2, 0.25) is 0 Å². The third-order valence-electron chi connectivity index (χ3n) is 5.58. The summed E-state index contributed by atoms with van der Waals surface area (Å²) >= 11 is 0. The highest BCUT2D eigenvalue weighted by molar-refractivity contribution is 5.73. The first-order valence-electron chi connectivity index (χ1n) is 9.68. The second-order valence-electron chi connectivity index (χ2n) is 7.52. The first kappa shape index (κ1) is 17.9. The number of carbonyl (C=O) groups excluding carboxylic acids is 1. The lowest BCUT2D eigenvalue weighted by atomic mass is 9.95. The van der Waals surface area contributed by atoms with Crippen LogP contribution in [0.25, 0.3) is 0 Å². The maximum Gasteiger partial charge on any atom is 0.219 e. The summed E-state index contributed by atoms with van der Waals surface area (Å²) in [5.74, 6) is 1.42. The molecule has 1 aliphatic carbocycles. The van der Waals surface area contributed by atoms with Crippen molar-refractivity contribution in [3.8, 4) is 0 Å². The van der Waals surface area contributed by atoms with E-state index in [1.807, 2.05) is 13.0 Å². The molecule has 5 nitrogen and oxygen atoms in total. The zero-order valence-corrected chi connectivity index (χ0v) is 15.9. The third kappa shape index (κ3) is 3.66. The summed E-state index contributed by atoms with van der Waals surface area (Å²) in [4.78, 5) is 23.0. The Morgan fingerprint density at radius 2 is 2.07 bits per heavy atom. The fraction of sp³-hybridized carbons (Fsp3) is 0.476. The first-order valence-corrected chi connectivity index (χ1v) is 9.68. The van der Waals surface area contributed by atoms with Gasteiger partial charge < -0.3 is 10.2 Å². The Balaban J connectivity index is 1.70. The summed E-state index contributed by atoms with van der Waals surface area (Å²) in [6.45, 7) is 4.57. The zero-order chi connectivity index (χ0) is 19.0. The van der Waals surface area contributed by atoms with Crippen LogP contribution in [-0.4, -0.2) is 27.3 Å². The molecule has 1 aromatic heterocycles. The molecule has 2 aliphatic rings. The van der Waals surface area contributed by atoms with Gasteiger partial charge in [-0.25, -0.2) is 14.4 Å². The van der Waals surface area contributed by atoms with E-state index in [4.69, 9.17) is 0 Å². The average Bonchev–Trinajstić information content (AvgIpc) is 2.81. The Morgan fingerprint density at radius 3 is 2.89 bits per heavy atom. The number of nitrogens with one attached hydrogen (secondary N) is 1. The van der Waals surface area contributed by atoms with Gasteiger partial charge in [0.05, 0.1) is 6.04 Å². The van der Waals surface area contributed by atoms with E-state index in [0.29, 0.717) is 13.1 Å². The number of benzene rings is 1. The van der Waals surface area contributed by atoms with Crippen molar-refractivity contribution < 1.29 is 9.18 Å². The Bertz CT molecular complexity index is 883. The van der Waals surface area contributed by atoms with Gasteiger partial charge in [-0.2, -0.15) is 0 Å². The molecular weight excluding hydrogens is 343 g/mol. The summed E-state index contributed by atoms with van der Waals surface area (Å²) < 4.78 is 13.8. The molecule has 1 amide bonds. The molecular formula is C21H25FN4O. The number of carbonyl (C=O) groups is 1. The van der Waals surface area contributed by atoms with Crippen LogP contribution in [0.1, 0.15) is 60.4 Å². The number of nitrogens with zero attached hydrogens (tertiary/aromatic N) is 3. The molecule has 1 aromatic carbocycles. The Morgan fingerprint density at radius 1 is 1.26 bits per heavy atom. The van der Waals surface area contributed by atoms with Gasteiger partial charge in [-0.15, -0.1) is 0 Å². The number of rotatable bonds is 2. The zero-order valence-electron chi connectivity index (χ0n) is 15.9. The van der Waals surface area contributed by atoms with Crippen LogP contribution < -0.4 is 5.32 Å². The van der Waals surface area contributed by atoms with Gasteiger partial charge in [-0.3, -0.25) is 4.79 Å². The fourth-order valence-corrected chi connectivity index (χ4v) is 4.20. The van der Waals surface area contributed by atoms with Crippen LogP contribution in [0.15, 0.2) is 18.2 Å². The van der Waals surface area contributed by atoms with E-state index in [0.717, 1.165) is 54.1 Å². The van der Waals surface area contributed by atoms with E-state index in [2.05, 4.69) is 15.3 Å². The molecule has 142 valence electrons. The average molecular weight is 368 g/mol. The predicted octanol–water partition coefficient (Wildman–Crippen LogP) is 3.71. The second kappa shape index (κ2) is 7.25. The molecule has 27 heavy (non-hydrogen) atoms. The molecule has 1 unspecified atom stereocenters. The summed E-state index contributed by atoms with van der Waals surface area (Å²) in [5, 5.41) is 3.61. The minimum atomic E-state index is -0.270. The van der Waals surface area contributed by atoms with Crippen LogP contribution in [0.4, 0.5) is 10.2 Å².